The molecule has 0 radical (unpaired) electrons. The Morgan fingerprint density at radius 1 is 1.04 bits per heavy atom. The minimum Gasteiger partial charge on any atom is -0.381 e. The third-order valence-corrected chi connectivity index (χ3v) is 5.22. The predicted octanol–water partition coefficient (Wildman–Crippen LogP) is 6.00. The summed E-state index contributed by atoms with van der Waals surface area (Å²) in [6.45, 7) is 4.26. The van der Waals surface area contributed by atoms with Gasteiger partial charge < -0.3 is 5.32 Å². The first-order chi connectivity index (χ1) is 11.1. The second-order valence-corrected chi connectivity index (χ2v) is 7.19. The molecule has 3 rings (SSSR count). The lowest BCUT2D eigenvalue weighted by atomic mass is 9.82. The zero-order valence-electron chi connectivity index (χ0n) is 13.9. The van der Waals surface area contributed by atoms with Crippen molar-refractivity contribution < 1.29 is 0 Å². The van der Waals surface area contributed by atoms with Crippen LogP contribution < -0.4 is 5.32 Å². The van der Waals surface area contributed by atoms with E-state index in [0.29, 0.717) is 17.9 Å². The fraction of sp³-hybridized carbons (Fsp3) is 0.450. The Morgan fingerprint density at radius 3 is 2.39 bits per heavy atom. The third-order valence-electron chi connectivity index (χ3n) is 4.82. The molecule has 2 aromatic rings. The summed E-state index contributed by atoms with van der Waals surface area (Å²) in [7, 11) is 0. The van der Waals surface area contributed by atoms with Crippen LogP contribution in [0.25, 0.3) is 0 Å². The fourth-order valence-electron chi connectivity index (χ4n) is 3.49. The van der Waals surface area contributed by atoms with E-state index in [1.165, 1.54) is 31.2 Å². The molecule has 0 unspecified atom stereocenters. The van der Waals surface area contributed by atoms with Gasteiger partial charge in [0.2, 0.25) is 0 Å². The molecule has 23 heavy (non-hydrogen) atoms. The molecular weight excluding hydrogens is 304 g/mol. The average molecular weight is 329 g/mol. The summed E-state index contributed by atoms with van der Waals surface area (Å²) in [5.41, 5.74) is 3.50. The fourth-order valence-corrected chi connectivity index (χ4v) is 3.87. The second-order valence-electron chi connectivity index (χ2n) is 6.82. The highest BCUT2D eigenvalue weighted by molar-refractivity contribution is 6.33. The Morgan fingerprint density at radius 2 is 1.74 bits per heavy atom. The molecule has 0 aliphatic heterocycles. The molecular formula is C20H25ClN2. The molecule has 0 saturated heterocycles. The molecule has 0 spiro atoms. The molecule has 0 amide bonds. The standard InChI is InChI=1S/C20H25ClN2/c1-14(2)20-19(21)18(12-13-22-20)23-17-10-8-16(9-11-17)15-6-4-3-5-7-15/h3-7,12-14,16-17H,8-11H2,1-2H3,(H,22,23)/t16-,17+. The molecule has 1 saturated carbocycles. The van der Waals surface area contributed by atoms with Crippen LogP contribution in [-0.4, -0.2) is 11.0 Å². The molecule has 0 bridgehead atoms. The van der Waals surface area contributed by atoms with Gasteiger partial charge in [-0.2, -0.15) is 0 Å². The van der Waals surface area contributed by atoms with Gasteiger partial charge in [0.05, 0.1) is 16.4 Å². The number of nitrogens with one attached hydrogen (secondary N) is 1. The van der Waals surface area contributed by atoms with Crippen molar-refractivity contribution in [3.8, 4) is 0 Å². The SMILES string of the molecule is CC(C)c1nccc(N[C@H]2CC[C@@H](c3ccccc3)CC2)c1Cl. The summed E-state index contributed by atoms with van der Waals surface area (Å²) in [6, 6.07) is 13.4. The maximum atomic E-state index is 6.52. The van der Waals surface area contributed by atoms with Crippen LogP contribution in [0.4, 0.5) is 5.69 Å². The molecule has 1 aromatic carbocycles. The van der Waals surface area contributed by atoms with Crippen LogP contribution >= 0.6 is 11.6 Å². The van der Waals surface area contributed by atoms with Gasteiger partial charge in [-0.3, -0.25) is 4.98 Å². The average Bonchev–Trinajstić information content (AvgIpc) is 2.58. The maximum Gasteiger partial charge on any atom is 0.0855 e. The number of rotatable bonds is 4. The Bertz CT molecular complexity index is 631. The van der Waals surface area contributed by atoms with Gasteiger partial charge in [0.15, 0.2) is 0 Å². The maximum absolute atomic E-state index is 6.52. The van der Waals surface area contributed by atoms with E-state index in [4.69, 9.17) is 11.6 Å². The summed E-state index contributed by atoms with van der Waals surface area (Å²) < 4.78 is 0. The highest BCUT2D eigenvalue weighted by Crippen LogP contribution is 2.36. The van der Waals surface area contributed by atoms with E-state index in [1.54, 1.807) is 0 Å². The van der Waals surface area contributed by atoms with Crippen LogP contribution in [0.15, 0.2) is 42.6 Å². The number of benzene rings is 1. The number of nitrogens with zero attached hydrogens (tertiary/aromatic N) is 1. The van der Waals surface area contributed by atoms with Crippen molar-refractivity contribution in [1.29, 1.82) is 0 Å². The molecule has 1 N–H and O–H groups in total. The van der Waals surface area contributed by atoms with Gasteiger partial charge in [-0.15, -0.1) is 0 Å². The van der Waals surface area contributed by atoms with E-state index in [2.05, 4.69) is 54.5 Å². The minimum absolute atomic E-state index is 0.345. The van der Waals surface area contributed by atoms with Crippen molar-refractivity contribution in [2.24, 2.45) is 0 Å². The molecule has 3 heteroatoms. The van der Waals surface area contributed by atoms with Crippen molar-refractivity contribution in [3.05, 3.63) is 58.9 Å². The summed E-state index contributed by atoms with van der Waals surface area (Å²) in [5, 5.41) is 4.43. The lowest BCUT2D eigenvalue weighted by Crippen LogP contribution is -2.25. The number of pyridine rings is 1. The third kappa shape index (κ3) is 3.87. The Hall–Kier alpha value is -1.54. The lowest BCUT2D eigenvalue weighted by molar-refractivity contribution is 0.412. The van der Waals surface area contributed by atoms with E-state index in [1.807, 2.05) is 12.3 Å². The monoisotopic (exact) mass is 328 g/mol. The number of aromatic nitrogens is 1. The summed E-state index contributed by atoms with van der Waals surface area (Å²) >= 11 is 6.52. The van der Waals surface area contributed by atoms with Crippen molar-refractivity contribution in [2.45, 2.75) is 57.4 Å². The zero-order valence-corrected chi connectivity index (χ0v) is 14.7. The van der Waals surface area contributed by atoms with E-state index < -0.39 is 0 Å². The van der Waals surface area contributed by atoms with Gasteiger partial charge in [-0.05, 0) is 49.1 Å². The first-order valence-electron chi connectivity index (χ1n) is 8.61. The highest BCUT2D eigenvalue weighted by Gasteiger charge is 2.23. The van der Waals surface area contributed by atoms with Gasteiger partial charge in [-0.25, -0.2) is 0 Å². The van der Waals surface area contributed by atoms with Gasteiger partial charge in [0.25, 0.3) is 0 Å². The van der Waals surface area contributed by atoms with Crippen molar-refractivity contribution in [2.75, 3.05) is 5.32 Å². The molecule has 1 fully saturated rings. The minimum atomic E-state index is 0.345. The Labute approximate surface area is 144 Å². The summed E-state index contributed by atoms with van der Waals surface area (Å²) in [4.78, 5) is 4.41. The summed E-state index contributed by atoms with van der Waals surface area (Å²) in [6.07, 6.45) is 6.71. The number of anilines is 1. The van der Waals surface area contributed by atoms with Gasteiger partial charge in [0.1, 0.15) is 0 Å². The topological polar surface area (TPSA) is 24.9 Å². The quantitative estimate of drug-likeness (QED) is 0.744. The largest absolute Gasteiger partial charge is 0.381 e. The van der Waals surface area contributed by atoms with Crippen LogP contribution in [0, 0.1) is 0 Å². The van der Waals surface area contributed by atoms with E-state index in [9.17, 15) is 0 Å². The van der Waals surface area contributed by atoms with Crippen LogP contribution in [0.5, 0.6) is 0 Å². The van der Waals surface area contributed by atoms with Crippen LogP contribution in [0.1, 0.15) is 62.6 Å². The van der Waals surface area contributed by atoms with Crippen LogP contribution in [0.2, 0.25) is 5.02 Å². The molecule has 1 heterocycles. The first-order valence-corrected chi connectivity index (χ1v) is 8.99. The Kier molecular flexibility index (Phi) is 5.22. The van der Waals surface area contributed by atoms with Crippen molar-refractivity contribution in [3.63, 3.8) is 0 Å². The number of hydrogen-bond donors (Lipinski definition) is 1. The predicted molar refractivity (Wildman–Crippen MR) is 98.4 cm³/mol. The first kappa shape index (κ1) is 16.3. The van der Waals surface area contributed by atoms with Crippen molar-refractivity contribution in [1.82, 2.24) is 4.98 Å². The molecule has 1 aliphatic rings. The van der Waals surface area contributed by atoms with Gasteiger partial charge in [-0.1, -0.05) is 55.8 Å². The second kappa shape index (κ2) is 7.35. The zero-order chi connectivity index (χ0) is 16.2. The smallest absolute Gasteiger partial charge is 0.0855 e. The lowest BCUT2D eigenvalue weighted by Gasteiger charge is -2.30. The summed E-state index contributed by atoms with van der Waals surface area (Å²) in [5.74, 6) is 1.05. The van der Waals surface area contributed by atoms with E-state index in [0.717, 1.165) is 16.4 Å². The molecule has 122 valence electrons. The number of hydrogen-bond acceptors (Lipinski definition) is 2. The van der Waals surface area contributed by atoms with Crippen LogP contribution in [0.3, 0.4) is 0 Å². The highest BCUT2D eigenvalue weighted by atomic mass is 35.5. The molecule has 2 nitrogen and oxygen atoms in total. The van der Waals surface area contributed by atoms with Gasteiger partial charge >= 0.3 is 0 Å². The molecule has 0 atom stereocenters. The Balaban J connectivity index is 1.62. The van der Waals surface area contributed by atoms with E-state index in [-0.39, 0.29) is 0 Å². The normalized spacial score (nSPS) is 21.4. The molecule has 1 aromatic heterocycles. The molecule has 1 aliphatic carbocycles. The van der Waals surface area contributed by atoms with Gasteiger partial charge in [0, 0.05) is 12.2 Å². The van der Waals surface area contributed by atoms with Crippen molar-refractivity contribution >= 4 is 17.3 Å². The number of halogens is 1. The van der Waals surface area contributed by atoms with Crippen LogP contribution in [-0.2, 0) is 0 Å². The van der Waals surface area contributed by atoms with E-state index >= 15 is 0 Å².